The first-order chi connectivity index (χ1) is 4.34. The van der Waals surface area contributed by atoms with Crippen LogP contribution in [0, 0.1) is 0 Å². The molecule has 0 aromatic carbocycles. The second-order valence-corrected chi connectivity index (χ2v) is 1.95. The standard InChI is InChI=1S/C5H7ClN2O/c6-3-4(9)5-7-1-2-8-5/h1-2,4,9H,3H2,(H,7,8). The predicted molar refractivity (Wildman–Crippen MR) is 34.3 cm³/mol. The molecule has 1 atom stereocenters. The summed E-state index contributed by atoms with van der Waals surface area (Å²) in [6.45, 7) is 0. The van der Waals surface area contributed by atoms with Crippen molar-refractivity contribution in [1.82, 2.24) is 9.97 Å². The lowest BCUT2D eigenvalue weighted by atomic mass is 10.4. The fourth-order valence-corrected chi connectivity index (χ4v) is 0.679. The van der Waals surface area contributed by atoms with Gasteiger partial charge >= 0.3 is 0 Å². The minimum Gasteiger partial charge on any atom is -0.384 e. The Morgan fingerprint density at radius 2 is 2.67 bits per heavy atom. The number of alkyl halides is 1. The predicted octanol–water partition coefficient (Wildman–Crippen LogP) is 0.682. The van der Waals surface area contributed by atoms with E-state index in [0.717, 1.165) is 0 Å². The molecule has 2 N–H and O–H groups in total. The number of aliphatic hydroxyl groups excluding tert-OH is 1. The van der Waals surface area contributed by atoms with Crippen molar-refractivity contribution < 1.29 is 5.11 Å². The summed E-state index contributed by atoms with van der Waals surface area (Å²) in [4.78, 5) is 6.54. The van der Waals surface area contributed by atoms with Gasteiger partial charge in [0.2, 0.25) is 0 Å². The Kier molecular flexibility index (Phi) is 2.08. The maximum atomic E-state index is 8.99. The molecule has 0 saturated heterocycles. The quantitative estimate of drug-likeness (QED) is 0.603. The molecule has 4 heteroatoms. The molecule has 0 aliphatic heterocycles. The number of aliphatic hydroxyl groups is 1. The van der Waals surface area contributed by atoms with Crippen LogP contribution in [-0.4, -0.2) is 21.0 Å². The molecule has 1 heterocycles. The van der Waals surface area contributed by atoms with Gasteiger partial charge in [0, 0.05) is 12.4 Å². The molecule has 0 bridgehead atoms. The minimum absolute atomic E-state index is 0.174. The van der Waals surface area contributed by atoms with Gasteiger partial charge in [0.1, 0.15) is 11.9 Å². The third-order valence-electron chi connectivity index (χ3n) is 0.981. The van der Waals surface area contributed by atoms with Crippen LogP contribution in [0.25, 0.3) is 0 Å². The van der Waals surface area contributed by atoms with E-state index >= 15 is 0 Å². The van der Waals surface area contributed by atoms with Crippen molar-refractivity contribution in [1.29, 1.82) is 0 Å². The second-order valence-electron chi connectivity index (χ2n) is 1.64. The molecule has 1 unspecified atom stereocenters. The van der Waals surface area contributed by atoms with Crippen molar-refractivity contribution in [3.05, 3.63) is 18.2 Å². The third-order valence-corrected chi connectivity index (χ3v) is 1.27. The van der Waals surface area contributed by atoms with Gasteiger partial charge in [-0.3, -0.25) is 0 Å². The van der Waals surface area contributed by atoms with Crippen LogP contribution in [-0.2, 0) is 0 Å². The zero-order valence-electron chi connectivity index (χ0n) is 4.71. The van der Waals surface area contributed by atoms with Gasteiger partial charge in [-0.15, -0.1) is 11.6 Å². The number of nitrogens with one attached hydrogen (secondary N) is 1. The van der Waals surface area contributed by atoms with Crippen LogP contribution >= 0.6 is 11.6 Å². The summed E-state index contributed by atoms with van der Waals surface area (Å²) >= 11 is 5.33. The van der Waals surface area contributed by atoms with Crippen LogP contribution < -0.4 is 0 Å². The van der Waals surface area contributed by atoms with E-state index in [4.69, 9.17) is 16.7 Å². The smallest absolute Gasteiger partial charge is 0.136 e. The summed E-state index contributed by atoms with van der Waals surface area (Å²) < 4.78 is 0. The first-order valence-electron chi connectivity index (χ1n) is 2.58. The van der Waals surface area contributed by atoms with Crippen molar-refractivity contribution in [2.45, 2.75) is 6.10 Å². The number of hydrogen-bond donors (Lipinski definition) is 2. The summed E-state index contributed by atoms with van der Waals surface area (Å²) in [5.41, 5.74) is 0. The van der Waals surface area contributed by atoms with E-state index in [9.17, 15) is 0 Å². The van der Waals surface area contributed by atoms with E-state index in [2.05, 4.69) is 9.97 Å². The molecule has 50 valence electrons. The molecule has 0 saturated carbocycles. The number of nitrogens with zero attached hydrogens (tertiary/aromatic N) is 1. The molecule has 0 aliphatic rings. The molecule has 3 nitrogen and oxygen atoms in total. The van der Waals surface area contributed by atoms with Crippen LogP contribution in [0.1, 0.15) is 11.9 Å². The maximum absolute atomic E-state index is 8.99. The molecule has 1 aromatic rings. The van der Waals surface area contributed by atoms with Gasteiger partial charge in [-0.25, -0.2) is 4.98 Å². The van der Waals surface area contributed by atoms with Crippen molar-refractivity contribution in [3.63, 3.8) is 0 Å². The zero-order valence-corrected chi connectivity index (χ0v) is 5.47. The Morgan fingerprint density at radius 1 is 1.89 bits per heavy atom. The summed E-state index contributed by atoms with van der Waals surface area (Å²) in [6.07, 6.45) is 2.55. The zero-order chi connectivity index (χ0) is 6.69. The van der Waals surface area contributed by atoms with Gasteiger partial charge in [0.25, 0.3) is 0 Å². The first-order valence-corrected chi connectivity index (χ1v) is 3.11. The number of halogens is 1. The Balaban J connectivity index is 2.65. The largest absolute Gasteiger partial charge is 0.384 e. The number of imidazole rings is 1. The molecule has 9 heavy (non-hydrogen) atoms. The normalized spacial score (nSPS) is 13.6. The summed E-state index contributed by atoms with van der Waals surface area (Å²) in [5, 5.41) is 8.99. The monoisotopic (exact) mass is 146 g/mol. The SMILES string of the molecule is OC(CCl)c1ncc[nH]1. The number of hydrogen-bond acceptors (Lipinski definition) is 2. The lowest BCUT2D eigenvalue weighted by molar-refractivity contribution is 0.193. The van der Waals surface area contributed by atoms with Gasteiger partial charge in [-0.2, -0.15) is 0 Å². The number of aromatic nitrogens is 2. The number of rotatable bonds is 2. The lowest BCUT2D eigenvalue weighted by Crippen LogP contribution is -2.00. The van der Waals surface area contributed by atoms with E-state index in [1.165, 1.54) is 0 Å². The average molecular weight is 147 g/mol. The molecule has 1 aromatic heterocycles. The Morgan fingerprint density at radius 3 is 3.11 bits per heavy atom. The summed E-state index contributed by atoms with van der Waals surface area (Å²) in [6, 6.07) is 0. The second kappa shape index (κ2) is 2.85. The highest BCUT2D eigenvalue weighted by molar-refractivity contribution is 6.18. The number of H-pyrrole nitrogens is 1. The Labute approximate surface area is 57.7 Å². The molecule has 0 radical (unpaired) electrons. The Hall–Kier alpha value is -0.540. The van der Waals surface area contributed by atoms with Crippen LogP contribution in [0.2, 0.25) is 0 Å². The molecular formula is C5H7ClN2O. The fraction of sp³-hybridized carbons (Fsp3) is 0.400. The van der Waals surface area contributed by atoms with Gasteiger partial charge in [-0.1, -0.05) is 0 Å². The third kappa shape index (κ3) is 1.43. The van der Waals surface area contributed by atoms with Crippen molar-refractivity contribution in [2.75, 3.05) is 5.88 Å². The van der Waals surface area contributed by atoms with E-state index in [-0.39, 0.29) is 5.88 Å². The van der Waals surface area contributed by atoms with Gasteiger partial charge in [0.15, 0.2) is 0 Å². The van der Waals surface area contributed by atoms with E-state index in [0.29, 0.717) is 5.82 Å². The molecule has 1 rings (SSSR count). The molecule has 0 amide bonds. The van der Waals surface area contributed by atoms with Crippen LogP contribution in [0.15, 0.2) is 12.4 Å². The summed E-state index contributed by atoms with van der Waals surface area (Å²) in [5.74, 6) is 0.693. The average Bonchev–Trinajstić information content (AvgIpc) is 2.37. The van der Waals surface area contributed by atoms with Crippen LogP contribution in [0.5, 0.6) is 0 Å². The fourth-order valence-electron chi connectivity index (χ4n) is 0.533. The van der Waals surface area contributed by atoms with Crippen molar-refractivity contribution >= 4 is 11.6 Å². The van der Waals surface area contributed by atoms with Gasteiger partial charge in [0.05, 0.1) is 5.88 Å². The van der Waals surface area contributed by atoms with E-state index in [1.54, 1.807) is 12.4 Å². The van der Waals surface area contributed by atoms with Crippen LogP contribution in [0.3, 0.4) is 0 Å². The highest BCUT2D eigenvalue weighted by atomic mass is 35.5. The molecule has 0 spiro atoms. The highest BCUT2D eigenvalue weighted by Crippen LogP contribution is 2.06. The first kappa shape index (κ1) is 6.58. The minimum atomic E-state index is -0.665. The van der Waals surface area contributed by atoms with Crippen LogP contribution in [0.4, 0.5) is 0 Å². The lowest BCUT2D eigenvalue weighted by Gasteiger charge is -1.99. The summed E-state index contributed by atoms with van der Waals surface area (Å²) in [7, 11) is 0. The molecular weight excluding hydrogens is 140 g/mol. The maximum Gasteiger partial charge on any atom is 0.136 e. The highest BCUT2D eigenvalue weighted by Gasteiger charge is 2.05. The van der Waals surface area contributed by atoms with E-state index in [1.807, 2.05) is 0 Å². The molecule has 0 aliphatic carbocycles. The van der Waals surface area contributed by atoms with Gasteiger partial charge in [-0.05, 0) is 0 Å². The number of aromatic amines is 1. The molecule has 0 fully saturated rings. The van der Waals surface area contributed by atoms with Gasteiger partial charge < -0.3 is 10.1 Å². The topological polar surface area (TPSA) is 48.9 Å². The van der Waals surface area contributed by atoms with E-state index < -0.39 is 6.10 Å². The van der Waals surface area contributed by atoms with Crippen molar-refractivity contribution in [3.8, 4) is 0 Å². The van der Waals surface area contributed by atoms with Crippen molar-refractivity contribution in [2.24, 2.45) is 0 Å². The Bertz CT molecular complexity index is 163.